The summed E-state index contributed by atoms with van der Waals surface area (Å²) >= 11 is 1.62. The Bertz CT molecular complexity index is 428. The van der Waals surface area contributed by atoms with Crippen LogP contribution in [0.2, 0.25) is 0 Å². The number of hydrogen-bond donors (Lipinski definition) is 1. The van der Waals surface area contributed by atoms with Crippen molar-refractivity contribution in [3.8, 4) is 0 Å². The molecular formula is C10H11NOS. The maximum absolute atomic E-state index is 9.88. The zero-order chi connectivity index (χ0) is 9.47. The molecule has 68 valence electrons. The van der Waals surface area contributed by atoms with Gasteiger partial charge in [-0.2, -0.15) is 0 Å². The van der Waals surface area contributed by atoms with Gasteiger partial charge in [0.1, 0.15) is 0 Å². The first-order valence-electron chi connectivity index (χ1n) is 4.14. The van der Waals surface area contributed by atoms with Gasteiger partial charge in [0.25, 0.3) is 0 Å². The minimum atomic E-state index is -0.786. The van der Waals surface area contributed by atoms with E-state index < -0.39 is 5.60 Å². The Morgan fingerprint density at radius 3 is 2.85 bits per heavy atom. The van der Waals surface area contributed by atoms with Crippen LogP contribution in [0.1, 0.15) is 19.4 Å². The molecule has 2 nitrogen and oxygen atoms in total. The van der Waals surface area contributed by atoms with Gasteiger partial charge < -0.3 is 5.11 Å². The second-order valence-electron chi connectivity index (χ2n) is 3.55. The van der Waals surface area contributed by atoms with Crippen LogP contribution < -0.4 is 0 Å². The number of fused-ring (bicyclic) bond motifs is 1. The lowest BCUT2D eigenvalue weighted by Crippen LogP contribution is -2.15. The van der Waals surface area contributed by atoms with Crippen LogP contribution in [0.15, 0.2) is 23.7 Å². The second-order valence-corrected chi connectivity index (χ2v) is 4.47. The van der Waals surface area contributed by atoms with Crippen molar-refractivity contribution in [3.63, 3.8) is 0 Å². The molecule has 2 rings (SSSR count). The maximum Gasteiger partial charge on any atom is 0.0855 e. The lowest BCUT2D eigenvalue weighted by molar-refractivity contribution is 0.0803. The SMILES string of the molecule is CC(C)(O)c1ccnc2ccsc12. The average Bonchev–Trinajstić information content (AvgIpc) is 2.48. The highest BCUT2D eigenvalue weighted by Gasteiger charge is 2.19. The summed E-state index contributed by atoms with van der Waals surface area (Å²) in [6.45, 7) is 3.59. The Hall–Kier alpha value is -0.930. The summed E-state index contributed by atoms with van der Waals surface area (Å²) in [5, 5.41) is 11.9. The number of nitrogens with zero attached hydrogens (tertiary/aromatic N) is 1. The third-order valence-corrected chi connectivity index (χ3v) is 2.94. The van der Waals surface area contributed by atoms with Gasteiger partial charge in [-0.3, -0.25) is 4.98 Å². The van der Waals surface area contributed by atoms with Crippen LogP contribution in [-0.4, -0.2) is 10.1 Å². The van der Waals surface area contributed by atoms with E-state index in [1.807, 2.05) is 17.5 Å². The molecule has 1 N–H and O–H groups in total. The number of aliphatic hydroxyl groups is 1. The van der Waals surface area contributed by atoms with E-state index in [-0.39, 0.29) is 0 Å². The van der Waals surface area contributed by atoms with Gasteiger partial charge in [-0.25, -0.2) is 0 Å². The van der Waals surface area contributed by atoms with Crippen LogP contribution in [0, 0.1) is 0 Å². The molecule has 2 aromatic heterocycles. The van der Waals surface area contributed by atoms with Gasteiger partial charge in [-0.05, 0) is 31.4 Å². The fourth-order valence-electron chi connectivity index (χ4n) is 1.36. The van der Waals surface area contributed by atoms with Gasteiger partial charge in [-0.15, -0.1) is 11.3 Å². The lowest BCUT2D eigenvalue weighted by atomic mass is 9.99. The summed E-state index contributed by atoms with van der Waals surface area (Å²) in [7, 11) is 0. The minimum absolute atomic E-state index is 0.786. The van der Waals surface area contributed by atoms with Crippen molar-refractivity contribution in [2.75, 3.05) is 0 Å². The van der Waals surface area contributed by atoms with Crippen LogP contribution in [0.4, 0.5) is 0 Å². The molecule has 0 atom stereocenters. The number of pyridine rings is 1. The van der Waals surface area contributed by atoms with E-state index >= 15 is 0 Å². The van der Waals surface area contributed by atoms with Gasteiger partial charge >= 0.3 is 0 Å². The predicted octanol–water partition coefficient (Wildman–Crippen LogP) is 2.52. The fourth-order valence-corrected chi connectivity index (χ4v) is 2.37. The van der Waals surface area contributed by atoms with Crippen molar-refractivity contribution in [2.45, 2.75) is 19.4 Å². The van der Waals surface area contributed by atoms with Crippen molar-refractivity contribution in [3.05, 3.63) is 29.3 Å². The van der Waals surface area contributed by atoms with Crippen LogP contribution in [0.3, 0.4) is 0 Å². The summed E-state index contributed by atoms with van der Waals surface area (Å²) in [5.74, 6) is 0. The molecule has 0 aliphatic rings. The molecule has 0 saturated heterocycles. The van der Waals surface area contributed by atoms with Crippen LogP contribution in [0.5, 0.6) is 0 Å². The van der Waals surface area contributed by atoms with Crippen molar-refractivity contribution in [1.82, 2.24) is 4.98 Å². The van der Waals surface area contributed by atoms with Crippen LogP contribution >= 0.6 is 11.3 Å². The molecule has 0 fully saturated rings. The molecule has 0 spiro atoms. The Labute approximate surface area is 80.9 Å². The summed E-state index contributed by atoms with van der Waals surface area (Å²) in [6.07, 6.45) is 1.74. The third kappa shape index (κ3) is 1.45. The molecular weight excluding hydrogens is 182 g/mol. The number of hydrogen-bond acceptors (Lipinski definition) is 3. The molecule has 2 heterocycles. The topological polar surface area (TPSA) is 33.1 Å². The van der Waals surface area contributed by atoms with Crippen molar-refractivity contribution >= 4 is 21.6 Å². The molecule has 0 unspecified atom stereocenters. The highest BCUT2D eigenvalue weighted by molar-refractivity contribution is 7.17. The standard InChI is InChI=1S/C10H11NOS/c1-10(2,12)7-3-5-11-8-4-6-13-9(7)8/h3-6,12H,1-2H3. The monoisotopic (exact) mass is 193 g/mol. The zero-order valence-electron chi connectivity index (χ0n) is 7.61. The van der Waals surface area contributed by atoms with Gasteiger partial charge in [0.15, 0.2) is 0 Å². The van der Waals surface area contributed by atoms with Crippen LogP contribution in [-0.2, 0) is 5.60 Å². The van der Waals surface area contributed by atoms with E-state index in [4.69, 9.17) is 0 Å². The molecule has 13 heavy (non-hydrogen) atoms. The van der Waals surface area contributed by atoms with Crippen LogP contribution in [0.25, 0.3) is 10.2 Å². The van der Waals surface area contributed by atoms with E-state index in [1.54, 1.807) is 31.4 Å². The Morgan fingerprint density at radius 2 is 2.15 bits per heavy atom. The number of aromatic nitrogens is 1. The Kier molecular flexibility index (Phi) is 1.86. The van der Waals surface area contributed by atoms with E-state index in [0.29, 0.717) is 0 Å². The molecule has 0 amide bonds. The third-order valence-electron chi connectivity index (χ3n) is 2.00. The van der Waals surface area contributed by atoms with Gasteiger partial charge in [-0.1, -0.05) is 0 Å². The highest BCUT2D eigenvalue weighted by atomic mass is 32.1. The van der Waals surface area contributed by atoms with Gasteiger partial charge in [0.2, 0.25) is 0 Å². The molecule has 2 aromatic rings. The largest absolute Gasteiger partial charge is 0.386 e. The highest BCUT2D eigenvalue weighted by Crippen LogP contribution is 2.30. The predicted molar refractivity (Wildman–Crippen MR) is 54.9 cm³/mol. The molecule has 0 bridgehead atoms. The summed E-state index contributed by atoms with van der Waals surface area (Å²) in [4.78, 5) is 4.21. The van der Waals surface area contributed by atoms with Crippen molar-refractivity contribution in [2.24, 2.45) is 0 Å². The first-order chi connectivity index (χ1) is 6.09. The van der Waals surface area contributed by atoms with Gasteiger partial charge in [0.05, 0.1) is 15.8 Å². The first kappa shape index (κ1) is 8.66. The van der Waals surface area contributed by atoms with Crippen molar-refractivity contribution in [1.29, 1.82) is 0 Å². The van der Waals surface area contributed by atoms with E-state index in [9.17, 15) is 5.11 Å². The number of rotatable bonds is 1. The second kappa shape index (κ2) is 2.79. The summed E-state index contributed by atoms with van der Waals surface area (Å²) in [6, 6.07) is 3.84. The zero-order valence-corrected chi connectivity index (χ0v) is 8.43. The van der Waals surface area contributed by atoms with Crippen molar-refractivity contribution < 1.29 is 5.11 Å². The molecule has 0 aliphatic carbocycles. The fraction of sp³-hybridized carbons (Fsp3) is 0.300. The normalized spacial score (nSPS) is 12.2. The number of thiophene rings is 1. The molecule has 3 heteroatoms. The average molecular weight is 193 g/mol. The minimum Gasteiger partial charge on any atom is -0.386 e. The molecule has 0 aliphatic heterocycles. The Balaban J connectivity index is 2.75. The molecule has 0 saturated carbocycles. The summed E-state index contributed by atoms with van der Waals surface area (Å²) < 4.78 is 1.08. The smallest absolute Gasteiger partial charge is 0.0855 e. The Morgan fingerprint density at radius 1 is 1.38 bits per heavy atom. The molecule has 0 aromatic carbocycles. The quantitative estimate of drug-likeness (QED) is 0.755. The molecule has 0 radical (unpaired) electrons. The van der Waals surface area contributed by atoms with E-state index in [2.05, 4.69) is 4.98 Å². The lowest BCUT2D eigenvalue weighted by Gasteiger charge is -2.17. The first-order valence-corrected chi connectivity index (χ1v) is 5.02. The summed E-state index contributed by atoms with van der Waals surface area (Å²) in [5.41, 5.74) is 1.13. The van der Waals surface area contributed by atoms with Gasteiger partial charge in [0, 0.05) is 11.8 Å². The van der Waals surface area contributed by atoms with E-state index in [1.165, 1.54) is 0 Å². The van der Waals surface area contributed by atoms with E-state index in [0.717, 1.165) is 15.8 Å². The maximum atomic E-state index is 9.88.